The number of rotatable bonds is 3. The minimum atomic E-state index is -0.677. The number of nitrogens with one attached hydrogen (secondary N) is 1. The molecule has 3 rings (SSSR count). The number of hydrogen-bond donors (Lipinski definition) is 3. The Morgan fingerprint density at radius 2 is 1.96 bits per heavy atom. The predicted octanol–water partition coefficient (Wildman–Crippen LogP) is 2.81. The van der Waals surface area contributed by atoms with Crippen LogP contribution in [0.1, 0.15) is 10.4 Å². The summed E-state index contributed by atoms with van der Waals surface area (Å²) in [6, 6.07) is 9.79. The lowest BCUT2D eigenvalue weighted by atomic mass is 10.1. The van der Waals surface area contributed by atoms with Crippen molar-refractivity contribution in [3.63, 3.8) is 0 Å². The van der Waals surface area contributed by atoms with Gasteiger partial charge in [-0.3, -0.25) is 19.9 Å². The molecule has 0 saturated carbocycles. The van der Waals surface area contributed by atoms with Crippen LogP contribution in [0.25, 0.3) is 10.9 Å². The lowest BCUT2D eigenvalue weighted by molar-refractivity contribution is -0.384. The zero-order chi connectivity index (χ0) is 17.3. The van der Waals surface area contributed by atoms with Gasteiger partial charge in [0.05, 0.1) is 22.2 Å². The number of carbonyl (C=O) groups is 1. The molecule has 0 aliphatic heterocycles. The highest BCUT2D eigenvalue weighted by atomic mass is 16.6. The first-order chi connectivity index (χ1) is 11.5. The Kier molecular flexibility index (Phi) is 3.70. The van der Waals surface area contributed by atoms with Gasteiger partial charge in [-0.2, -0.15) is 0 Å². The van der Waals surface area contributed by atoms with Crippen LogP contribution in [0.3, 0.4) is 0 Å². The van der Waals surface area contributed by atoms with E-state index in [4.69, 9.17) is 0 Å². The van der Waals surface area contributed by atoms with E-state index in [2.05, 4.69) is 10.3 Å². The van der Waals surface area contributed by atoms with E-state index in [1.165, 1.54) is 18.3 Å². The molecule has 0 fully saturated rings. The number of phenols is 2. The van der Waals surface area contributed by atoms with E-state index >= 15 is 0 Å². The number of aromatic hydroxyl groups is 2. The summed E-state index contributed by atoms with van der Waals surface area (Å²) in [4.78, 5) is 26.3. The van der Waals surface area contributed by atoms with Gasteiger partial charge >= 0.3 is 0 Å². The molecule has 8 heteroatoms. The fourth-order valence-electron chi connectivity index (χ4n) is 2.24. The van der Waals surface area contributed by atoms with Gasteiger partial charge in [-0.05, 0) is 18.2 Å². The van der Waals surface area contributed by atoms with Crippen molar-refractivity contribution in [2.45, 2.75) is 0 Å². The first-order valence-corrected chi connectivity index (χ1v) is 6.83. The number of carbonyl (C=O) groups excluding carboxylic acids is 1. The molecule has 1 heterocycles. The molecule has 0 unspecified atom stereocenters. The Labute approximate surface area is 135 Å². The Morgan fingerprint density at radius 3 is 2.67 bits per heavy atom. The lowest BCUT2D eigenvalue weighted by Crippen LogP contribution is -2.12. The average Bonchev–Trinajstić information content (AvgIpc) is 2.57. The van der Waals surface area contributed by atoms with Crippen molar-refractivity contribution < 1.29 is 19.9 Å². The molecule has 0 saturated heterocycles. The summed E-state index contributed by atoms with van der Waals surface area (Å²) in [5.41, 5.74) is -0.0635. The molecule has 0 atom stereocenters. The molecule has 8 nitrogen and oxygen atoms in total. The fourth-order valence-corrected chi connectivity index (χ4v) is 2.24. The van der Waals surface area contributed by atoms with Gasteiger partial charge in [0.2, 0.25) is 0 Å². The number of benzene rings is 2. The number of aromatic nitrogens is 1. The predicted molar refractivity (Wildman–Crippen MR) is 86.1 cm³/mol. The van der Waals surface area contributed by atoms with Crippen LogP contribution in [0, 0.1) is 10.1 Å². The number of nitro groups is 1. The van der Waals surface area contributed by atoms with Gasteiger partial charge in [0.15, 0.2) is 5.75 Å². The molecule has 0 aliphatic carbocycles. The van der Waals surface area contributed by atoms with Crippen LogP contribution in [0.4, 0.5) is 11.4 Å². The van der Waals surface area contributed by atoms with Crippen LogP contribution >= 0.6 is 0 Å². The summed E-state index contributed by atoms with van der Waals surface area (Å²) in [5.74, 6) is -1.41. The molecule has 2 aromatic carbocycles. The summed E-state index contributed by atoms with van der Waals surface area (Å²) < 4.78 is 0. The van der Waals surface area contributed by atoms with Gasteiger partial charge in [0.25, 0.3) is 11.6 Å². The van der Waals surface area contributed by atoms with Crippen LogP contribution in [0.15, 0.2) is 48.7 Å². The van der Waals surface area contributed by atoms with Crippen LogP contribution in [-0.4, -0.2) is 26.0 Å². The van der Waals surface area contributed by atoms with Crippen LogP contribution in [0.5, 0.6) is 11.5 Å². The highest BCUT2D eigenvalue weighted by Crippen LogP contribution is 2.31. The molecule has 3 aromatic rings. The maximum atomic E-state index is 12.3. The minimum Gasteiger partial charge on any atom is -0.506 e. The smallest absolute Gasteiger partial charge is 0.273 e. The molecule has 1 aromatic heterocycles. The topological polar surface area (TPSA) is 126 Å². The maximum absolute atomic E-state index is 12.3. The van der Waals surface area contributed by atoms with E-state index < -0.39 is 16.6 Å². The second-order valence-electron chi connectivity index (χ2n) is 4.95. The number of nitrogens with zero attached hydrogens (tertiary/aromatic N) is 2. The second kappa shape index (κ2) is 5.84. The van der Waals surface area contributed by atoms with Crippen LogP contribution in [-0.2, 0) is 0 Å². The van der Waals surface area contributed by atoms with Gasteiger partial charge in [-0.1, -0.05) is 12.1 Å². The maximum Gasteiger partial charge on any atom is 0.273 e. The monoisotopic (exact) mass is 325 g/mol. The number of anilines is 1. The quantitative estimate of drug-likeness (QED) is 0.386. The Bertz CT molecular complexity index is 971. The Hall–Kier alpha value is -3.68. The average molecular weight is 325 g/mol. The molecule has 0 radical (unpaired) electrons. The van der Waals surface area contributed by atoms with Crippen molar-refractivity contribution in [1.29, 1.82) is 0 Å². The number of nitro benzene ring substituents is 1. The summed E-state index contributed by atoms with van der Waals surface area (Å²) in [6.07, 6.45) is 1.49. The molecular weight excluding hydrogens is 314 g/mol. The summed E-state index contributed by atoms with van der Waals surface area (Å²) >= 11 is 0. The third-order valence-corrected chi connectivity index (χ3v) is 3.43. The van der Waals surface area contributed by atoms with Crippen molar-refractivity contribution in [1.82, 2.24) is 4.98 Å². The number of amides is 1. The second-order valence-corrected chi connectivity index (χ2v) is 4.95. The normalized spacial score (nSPS) is 10.5. The van der Waals surface area contributed by atoms with Crippen LogP contribution in [0.2, 0.25) is 0 Å². The van der Waals surface area contributed by atoms with Crippen LogP contribution < -0.4 is 5.32 Å². The molecular formula is C16H11N3O5. The van der Waals surface area contributed by atoms with Crippen molar-refractivity contribution in [2.75, 3.05) is 5.32 Å². The zero-order valence-electron chi connectivity index (χ0n) is 12.1. The van der Waals surface area contributed by atoms with E-state index in [1.54, 1.807) is 18.2 Å². The molecule has 0 aliphatic rings. The van der Waals surface area contributed by atoms with Gasteiger partial charge in [0.1, 0.15) is 11.3 Å². The number of phenolic OH excluding ortho intramolecular Hbond substituents is 2. The van der Waals surface area contributed by atoms with E-state index in [0.717, 1.165) is 12.1 Å². The SMILES string of the molecule is O=C(Nc1ccc([N+](=O)[O-])cc1O)c1ccc2cccnc2c1O. The van der Waals surface area contributed by atoms with Crippen molar-refractivity contribution in [3.8, 4) is 11.5 Å². The number of fused-ring (bicyclic) bond motifs is 1. The Morgan fingerprint density at radius 1 is 1.17 bits per heavy atom. The Balaban J connectivity index is 1.93. The van der Waals surface area contributed by atoms with Crippen molar-refractivity contribution in [2.24, 2.45) is 0 Å². The molecule has 0 bridgehead atoms. The fraction of sp³-hybridized carbons (Fsp3) is 0. The molecule has 120 valence electrons. The standard InChI is InChI=1S/C16H11N3O5/c20-13-8-10(19(23)24)4-6-12(13)18-16(22)11-5-3-9-2-1-7-17-14(9)15(11)21/h1-8,20-21H,(H,18,22). The van der Waals surface area contributed by atoms with Gasteiger partial charge < -0.3 is 15.5 Å². The molecule has 0 spiro atoms. The molecule has 24 heavy (non-hydrogen) atoms. The number of pyridine rings is 1. The van der Waals surface area contributed by atoms with E-state index in [9.17, 15) is 25.1 Å². The van der Waals surface area contributed by atoms with Gasteiger partial charge in [0, 0.05) is 17.6 Å². The van der Waals surface area contributed by atoms with Gasteiger partial charge in [-0.15, -0.1) is 0 Å². The summed E-state index contributed by atoms with van der Waals surface area (Å²) in [5, 5.41) is 33.7. The van der Waals surface area contributed by atoms with E-state index in [-0.39, 0.29) is 28.2 Å². The highest BCUT2D eigenvalue weighted by Gasteiger charge is 2.17. The highest BCUT2D eigenvalue weighted by molar-refractivity contribution is 6.09. The summed E-state index contributed by atoms with van der Waals surface area (Å²) in [7, 11) is 0. The summed E-state index contributed by atoms with van der Waals surface area (Å²) in [6.45, 7) is 0. The third kappa shape index (κ3) is 2.68. The molecule has 1 amide bonds. The first-order valence-electron chi connectivity index (χ1n) is 6.83. The third-order valence-electron chi connectivity index (χ3n) is 3.43. The van der Waals surface area contributed by atoms with E-state index in [0.29, 0.717) is 5.39 Å². The molecule has 3 N–H and O–H groups in total. The first kappa shape index (κ1) is 15.2. The lowest BCUT2D eigenvalue weighted by Gasteiger charge is -2.09. The van der Waals surface area contributed by atoms with Crippen molar-refractivity contribution in [3.05, 3.63) is 64.3 Å². The zero-order valence-corrected chi connectivity index (χ0v) is 12.1. The van der Waals surface area contributed by atoms with Crippen molar-refractivity contribution >= 4 is 28.2 Å². The number of hydrogen-bond acceptors (Lipinski definition) is 6. The van der Waals surface area contributed by atoms with E-state index in [1.807, 2.05) is 0 Å². The minimum absolute atomic E-state index is 0.00822. The largest absolute Gasteiger partial charge is 0.506 e. The van der Waals surface area contributed by atoms with Gasteiger partial charge in [-0.25, -0.2) is 0 Å². The number of non-ortho nitro benzene ring substituents is 1.